The Balaban J connectivity index is 2.17. The van der Waals surface area contributed by atoms with Crippen LogP contribution in [0.25, 0.3) is 0 Å². The van der Waals surface area contributed by atoms with Crippen LogP contribution in [0.4, 0.5) is 18.9 Å². The Bertz CT molecular complexity index is 712. The largest absolute Gasteiger partial charge is 0.478 e. The monoisotopic (exact) mass is 308 g/mol. The van der Waals surface area contributed by atoms with Crippen LogP contribution in [-0.2, 0) is 6.18 Å². The summed E-state index contributed by atoms with van der Waals surface area (Å²) in [7, 11) is 0. The number of halogens is 3. The highest BCUT2D eigenvalue weighted by Crippen LogP contribution is 2.31. The van der Waals surface area contributed by atoms with Gasteiger partial charge in [0.2, 0.25) is 0 Å². The summed E-state index contributed by atoms with van der Waals surface area (Å²) in [6.07, 6.45) is -3.43. The van der Waals surface area contributed by atoms with E-state index in [1.807, 2.05) is 0 Å². The Morgan fingerprint density at radius 2 is 1.86 bits per heavy atom. The zero-order valence-corrected chi connectivity index (χ0v) is 11.1. The lowest BCUT2D eigenvalue weighted by molar-refractivity contribution is -0.137. The van der Waals surface area contributed by atoms with Crippen molar-refractivity contribution in [3.63, 3.8) is 0 Å². The number of hydrogen-bond acceptors (Lipinski definition) is 3. The zero-order valence-electron chi connectivity index (χ0n) is 11.1. The van der Waals surface area contributed by atoms with Gasteiger partial charge in [-0.2, -0.15) is 18.3 Å². The number of hydrazone groups is 1. The van der Waals surface area contributed by atoms with Crippen LogP contribution in [0.3, 0.4) is 0 Å². The van der Waals surface area contributed by atoms with Crippen molar-refractivity contribution in [2.24, 2.45) is 5.10 Å². The van der Waals surface area contributed by atoms with Gasteiger partial charge in [-0.3, -0.25) is 5.43 Å². The molecule has 0 unspecified atom stereocenters. The predicted octanol–water partition coefficient (Wildman–Crippen LogP) is 3.85. The van der Waals surface area contributed by atoms with Crippen molar-refractivity contribution in [2.45, 2.75) is 6.18 Å². The average molecular weight is 308 g/mol. The second kappa shape index (κ2) is 6.30. The molecule has 0 bridgehead atoms. The smallest absolute Gasteiger partial charge is 0.417 e. The molecule has 0 fully saturated rings. The van der Waals surface area contributed by atoms with Crippen LogP contribution in [0.2, 0.25) is 0 Å². The molecular formula is C15H11F3N2O2. The molecule has 0 atom stereocenters. The lowest BCUT2D eigenvalue weighted by Crippen LogP contribution is -2.08. The van der Waals surface area contributed by atoms with Gasteiger partial charge in [-0.25, -0.2) is 4.79 Å². The van der Waals surface area contributed by atoms with E-state index in [4.69, 9.17) is 5.11 Å². The molecule has 7 heteroatoms. The van der Waals surface area contributed by atoms with E-state index in [9.17, 15) is 18.0 Å². The number of aromatic carboxylic acids is 1. The topological polar surface area (TPSA) is 61.7 Å². The first-order chi connectivity index (χ1) is 10.4. The summed E-state index contributed by atoms with van der Waals surface area (Å²) >= 11 is 0. The van der Waals surface area contributed by atoms with Gasteiger partial charge in [0.05, 0.1) is 23.0 Å². The molecule has 0 aliphatic heterocycles. The molecule has 2 rings (SSSR count). The molecule has 114 valence electrons. The first kappa shape index (κ1) is 15.6. The predicted molar refractivity (Wildman–Crippen MR) is 76.1 cm³/mol. The maximum absolute atomic E-state index is 12.8. The molecule has 0 saturated heterocycles. The van der Waals surface area contributed by atoms with Gasteiger partial charge < -0.3 is 5.11 Å². The molecule has 0 heterocycles. The molecule has 0 saturated carbocycles. The first-order valence-corrected chi connectivity index (χ1v) is 6.16. The summed E-state index contributed by atoms with van der Waals surface area (Å²) in [6, 6.07) is 10.8. The van der Waals surface area contributed by atoms with Crippen LogP contribution >= 0.6 is 0 Å². The Morgan fingerprint density at radius 1 is 1.14 bits per heavy atom. The number of rotatable bonds is 4. The second-order valence-electron chi connectivity index (χ2n) is 4.34. The van der Waals surface area contributed by atoms with Gasteiger partial charge in [-0.05, 0) is 24.3 Å². The molecule has 2 aromatic rings. The highest BCUT2D eigenvalue weighted by atomic mass is 19.4. The van der Waals surface area contributed by atoms with E-state index in [1.54, 1.807) is 6.07 Å². The van der Waals surface area contributed by atoms with Crippen molar-refractivity contribution in [3.8, 4) is 0 Å². The average Bonchev–Trinajstić information content (AvgIpc) is 2.47. The molecule has 2 N–H and O–H groups in total. The molecule has 0 aliphatic rings. The number of carboxylic acids is 1. The van der Waals surface area contributed by atoms with Crippen molar-refractivity contribution >= 4 is 17.9 Å². The highest BCUT2D eigenvalue weighted by Gasteiger charge is 2.32. The number of hydrogen-bond donors (Lipinski definition) is 2. The van der Waals surface area contributed by atoms with Crippen molar-refractivity contribution in [2.75, 3.05) is 5.43 Å². The Morgan fingerprint density at radius 3 is 2.55 bits per heavy atom. The number of alkyl halides is 3. The Kier molecular flexibility index (Phi) is 4.45. The fourth-order valence-corrected chi connectivity index (χ4v) is 1.77. The number of nitrogens with one attached hydrogen (secondary N) is 1. The maximum Gasteiger partial charge on any atom is 0.417 e. The molecular weight excluding hydrogens is 297 g/mol. The lowest BCUT2D eigenvalue weighted by Gasteiger charge is -2.09. The molecule has 2 aromatic carbocycles. The number of nitrogens with zero attached hydrogens (tertiary/aromatic N) is 1. The van der Waals surface area contributed by atoms with Gasteiger partial charge in [0, 0.05) is 5.56 Å². The van der Waals surface area contributed by atoms with Gasteiger partial charge in [-0.1, -0.05) is 24.3 Å². The van der Waals surface area contributed by atoms with E-state index in [0.717, 1.165) is 12.3 Å². The van der Waals surface area contributed by atoms with Crippen LogP contribution in [0.1, 0.15) is 21.5 Å². The van der Waals surface area contributed by atoms with E-state index >= 15 is 0 Å². The lowest BCUT2D eigenvalue weighted by atomic mass is 10.1. The van der Waals surface area contributed by atoms with Gasteiger partial charge >= 0.3 is 12.1 Å². The van der Waals surface area contributed by atoms with Crippen LogP contribution in [0.5, 0.6) is 0 Å². The Hall–Kier alpha value is -2.83. The maximum atomic E-state index is 12.8. The Labute approximate surface area is 123 Å². The van der Waals surface area contributed by atoms with Gasteiger partial charge in [0.15, 0.2) is 0 Å². The number of carbonyl (C=O) groups is 1. The molecule has 4 nitrogen and oxygen atoms in total. The van der Waals surface area contributed by atoms with Gasteiger partial charge in [0.25, 0.3) is 0 Å². The van der Waals surface area contributed by atoms with Crippen LogP contribution in [0.15, 0.2) is 53.6 Å². The zero-order chi connectivity index (χ0) is 16.2. The standard InChI is InChI=1S/C15H11F3N2O2/c16-15(17,18)13-7-2-1-4-11(13)9-19-20-12-6-3-5-10(8-12)14(21)22/h1-9,20H,(H,21,22). The fourth-order valence-electron chi connectivity index (χ4n) is 1.77. The number of benzene rings is 2. The minimum atomic E-state index is -4.47. The third kappa shape index (κ3) is 3.85. The normalized spacial score (nSPS) is 11.6. The number of carboxylic acid groups (broad SMARTS) is 1. The highest BCUT2D eigenvalue weighted by molar-refractivity contribution is 5.89. The second-order valence-corrected chi connectivity index (χ2v) is 4.34. The van der Waals surface area contributed by atoms with E-state index < -0.39 is 17.7 Å². The summed E-state index contributed by atoms with van der Waals surface area (Å²) in [5.41, 5.74) is 2.04. The minimum Gasteiger partial charge on any atom is -0.478 e. The molecule has 22 heavy (non-hydrogen) atoms. The summed E-state index contributed by atoms with van der Waals surface area (Å²) < 4.78 is 38.4. The quantitative estimate of drug-likeness (QED) is 0.666. The third-order valence-corrected chi connectivity index (χ3v) is 2.77. The molecule has 0 aromatic heterocycles. The number of anilines is 1. The van der Waals surface area contributed by atoms with Crippen LogP contribution in [-0.4, -0.2) is 17.3 Å². The fraction of sp³-hybridized carbons (Fsp3) is 0.0667. The first-order valence-electron chi connectivity index (χ1n) is 6.16. The SMILES string of the molecule is O=C(O)c1cccc(NN=Cc2ccccc2C(F)(F)F)c1. The molecule has 0 radical (unpaired) electrons. The summed E-state index contributed by atoms with van der Waals surface area (Å²) in [5, 5.41) is 12.6. The van der Waals surface area contributed by atoms with Crippen molar-refractivity contribution in [1.29, 1.82) is 0 Å². The summed E-state index contributed by atoms with van der Waals surface area (Å²) in [5.74, 6) is -1.10. The van der Waals surface area contributed by atoms with Crippen LogP contribution in [0, 0.1) is 0 Å². The van der Waals surface area contributed by atoms with Crippen molar-refractivity contribution in [1.82, 2.24) is 0 Å². The van der Waals surface area contributed by atoms with Gasteiger partial charge in [-0.15, -0.1) is 0 Å². The van der Waals surface area contributed by atoms with E-state index in [2.05, 4.69) is 10.5 Å². The molecule has 0 amide bonds. The third-order valence-electron chi connectivity index (χ3n) is 2.77. The molecule has 0 aliphatic carbocycles. The van der Waals surface area contributed by atoms with E-state index in [-0.39, 0.29) is 11.1 Å². The van der Waals surface area contributed by atoms with Crippen molar-refractivity contribution in [3.05, 3.63) is 65.2 Å². The summed E-state index contributed by atoms with van der Waals surface area (Å²) in [6.45, 7) is 0. The summed E-state index contributed by atoms with van der Waals surface area (Å²) in [4.78, 5) is 10.8. The van der Waals surface area contributed by atoms with Crippen molar-refractivity contribution < 1.29 is 23.1 Å². The van der Waals surface area contributed by atoms with E-state index in [0.29, 0.717) is 5.69 Å². The minimum absolute atomic E-state index is 0.0518. The van der Waals surface area contributed by atoms with E-state index in [1.165, 1.54) is 36.4 Å². The molecule has 0 spiro atoms. The van der Waals surface area contributed by atoms with Gasteiger partial charge in [0.1, 0.15) is 0 Å². The van der Waals surface area contributed by atoms with Crippen LogP contribution < -0.4 is 5.43 Å².